The molecule has 0 saturated heterocycles. The van der Waals surface area contributed by atoms with Crippen LogP contribution in [0.25, 0.3) is 33.3 Å². The molecule has 0 saturated carbocycles. The number of hydrogen-bond acceptors (Lipinski definition) is 4. The van der Waals surface area contributed by atoms with Crippen LogP contribution < -0.4 is 0 Å². The zero-order chi connectivity index (χ0) is 13.5. The lowest BCUT2D eigenvalue weighted by atomic mass is 10.1. The summed E-state index contributed by atoms with van der Waals surface area (Å²) in [5, 5.41) is 10.2. The lowest BCUT2D eigenvalue weighted by molar-refractivity contribution is 0.915. The number of pyridine rings is 2. The van der Waals surface area contributed by atoms with E-state index in [9.17, 15) is 0 Å². The monoisotopic (exact) mass is 261 g/mol. The number of fused-ring (bicyclic) bond motifs is 3. The first kappa shape index (κ1) is 11.0. The van der Waals surface area contributed by atoms with E-state index >= 15 is 0 Å². The van der Waals surface area contributed by atoms with Crippen LogP contribution in [0.1, 0.15) is 0 Å². The zero-order valence-corrected chi connectivity index (χ0v) is 10.9. The van der Waals surface area contributed by atoms with Crippen molar-refractivity contribution in [3.63, 3.8) is 0 Å². The molecule has 0 unspecified atom stereocenters. The van der Waals surface area contributed by atoms with Crippen LogP contribution in [0.15, 0.2) is 48.9 Å². The van der Waals surface area contributed by atoms with Gasteiger partial charge in [-0.15, -0.1) is 10.2 Å². The Morgan fingerprint density at radius 3 is 2.55 bits per heavy atom. The number of aryl methyl sites for hydroxylation is 1. The first-order valence-corrected chi connectivity index (χ1v) is 6.32. The van der Waals surface area contributed by atoms with Gasteiger partial charge in [-0.05, 0) is 12.1 Å². The second-order valence-electron chi connectivity index (χ2n) is 4.67. The molecule has 0 aliphatic heterocycles. The van der Waals surface area contributed by atoms with Gasteiger partial charge in [0.1, 0.15) is 12.0 Å². The van der Waals surface area contributed by atoms with Crippen molar-refractivity contribution in [1.82, 2.24) is 24.7 Å². The molecule has 3 heterocycles. The average molecular weight is 261 g/mol. The van der Waals surface area contributed by atoms with E-state index in [1.165, 1.54) is 0 Å². The molecule has 5 heteroatoms. The van der Waals surface area contributed by atoms with Gasteiger partial charge in [0.2, 0.25) is 0 Å². The molecule has 0 amide bonds. The third-order valence-corrected chi connectivity index (χ3v) is 3.37. The molecule has 0 aliphatic rings. The van der Waals surface area contributed by atoms with Gasteiger partial charge < -0.3 is 4.57 Å². The number of aromatic nitrogens is 5. The molecule has 0 bridgehead atoms. The minimum atomic E-state index is 0.750. The summed E-state index contributed by atoms with van der Waals surface area (Å²) in [7, 11) is 1.91. The number of benzene rings is 1. The topological polar surface area (TPSA) is 56.5 Å². The average Bonchev–Trinajstić information content (AvgIpc) is 2.93. The fraction of sp³-hybridized carbons (Fsp3) is 0.0667. The van der Waals surface area contributed by atoms with E-state index in [0.29, 0.717) is 0 Å². The highest BCUT2D eigenvalue weighted by Gasteiger charge is 2.09. The Morgan fingerprint density at radius 1 is 0.950 bits per heavy atom. The summed E-state index contributed by atoms with van der Waals surface area (Å²) in [5.74, 6) is 0.750. The maximum Gasteiger partial charge on any atom is 0.182 e. The highest BCUT2D eigenvalue weighted by atomic mass is 15.3. The summed E-state index contributed by atoms with van der Waals surface area (Å²) in [5.41, 5.74) is 2.60. The summed E-state index contributed by atoms with van der Waals surface area (Å²) in [6.07, 6.45) is 3.46. The highest BCUT2D eigenvalue weighted by molar-refractivity contribution is 6.03. The number of nitrogens with zero attached hydrogens (tertiary/aromatic N) is 5. The van der Waals surface area contributed by atoms with Gasteiger partial charge in [0.15, 0.2) is 5.82 Å². The van der Waals surface area contributed by atoms with Crippen molar-refractivity contribution in [2.75, 3.05) is 0 Å². The third kappa shape index (κ3) is 1.56. The SMILES string of the molecule is Cn1cnnc1-c1ccc2ccc3cccnc3c2n1. The summed E-state index contributed by atoms with van der Waals surface area (Å²) in [4.78, 5) is 9.17. The van der Waals surface area contributed by atoms with Crippen LogP contribution in [-0.4, -0.2) is 24.7 Å². The Hall–Kier alpha value is -2.82. The molecule has 3 aromatic heterocycles. The fourth-order valence-electron chi connectivity index (χ4n) is 2.36. The van der Waals surface area contributed by atoms with Crippen LogP contribution in [-0.2, 0) is 7.05 Å². The normalized spacial score (nSPS) is 11.2. The lowest BCUT2D eigenvalue weighted by Gasteiger charge is -2.05. The van der Waals surface area contributed by atoms with Crippen LogP contribution in [0.3, 0.4) is 0 Å². The largest absolute Gasteiger partial charge is 0.315 e. The van der Waals surface area contributed by atoms with Crippen molar-refractivity contribution >= 4 is 21.8 Å². The van der Waals surface area contributed by atoms with Crippen LogP contribution in [0.5, 0.6) is 0 Å². The highest BCUT2D eigenvalue weighted by Crippen LogP contribution is 2.24. The fourth-order valence-corrected chi connectivity index (χ4v) is 2.36. The first-order chi connectivity index (χ1) is 9.83. The molecule has 4 aromatic rings. The summed E-state index contributed by atoms with van der Waals surface area (Å²) in [6, 6.07) is 12.1. The van der Waals surface area contributed by atoms with Gasteiger partial charge >= 0.3 is 0 Å². The Bertz CT molecular complexity index is 926. The van der Waals surface area contributed by atoms with E-state index in [2.05, 4.69) is 27.3 Å². The lowest BCUT2D eigenvalue weighted by Crippen LogP contribution is -1.95. The quantitative estimate of drug-likeness (QED) is 0.494. The van der Waals surface area contributed by atoms with Gasteiger partial charge in [0, 0.05) is 24.0 Å². The molecular formula is C15H11N5. The predicted molar refractivity (Wildman–Crippen MR) is 77.0 cm³/mol. The van der Waals surface area contributed by atoms with E-state index in [-0.39, 0.29) is 0 Å². The third-order valence-electron chi connectivity index (χ3n) is 3.37. The smallest absolute Gasteiger partial charge is 0.182 e. The molecular weight excluding hydrogens is 250 g/mol. The summed E-state index contributed by atoms with van der Waals surface area (Å²) >= 11 is 0. The second kappa shape index (κ2) is 4.09. The molecule has 0 N–H and O–H groups in total. The Kier molecular flexibility index (Phi) is 2.26. The van der Waals surface area contributed by atoms with Crippen LogP contribution in [0.4, 0.5) is 0 Å². The van der Waals surface area contributed by atoms with Crippen LogP contribution in [0, 0.1) is 0 Å². The Morgan fingerprint density at radius 2 is 1.75 bits per heavy atom. The van der Waals surface area contributed by atoms with E-state index in [1.54, 1.807) is 12.5 Å². The van der Waals surface area contributed by atoms with Crippen molar-refractivity contribution in [2.24, 2.45) is 7.05 Å². The van der Waals surface area contributed by atoms with E-state index in [4.69, 9.17) is 4.98 Å². The summed E-state index contributed by atoms with van der Waals surface area (Å²) in [6.45, 7) is 0. The van der Waals surface area contributed by atoms with E-state index < -0.39 is 0 Å². The van der Waals surface area contributed by atoms with Crippen molar-refractivity contribution in [2.45, 2.75) is 0 Å². The molecule has 4 rings (SSSR count). The van der Waals surface area contributed by atoms with Gasteiger partial charge in [-0.2, -0.15) is 0 Å². The minimum absolute atomic E-state index is 0.750. The Labute approximate surface area is 114 Å². The van der Waals surface area contributed by atoms with Gasteiger partial charge in [0.25, 0.3) is 0 Å². The van der Waals surface area contributed by atoms with Crippen LogP contribution in [0.2, 0.25) is 0 Å². The van der Waals surface area contributed by atoms with Crippen molar-refractivity contribution in [1.29, 1.82) is 0 Å². The van der Waals surface area contributed by atoms with Gasteiger partial charge in [-0.3, -0.25) is 4.98 Å². The molecule has 0 spiro atoms. The zero-order valence-electron chi connectivity index (χ0n) is 10.9. The molecule has 5 nitrogen and oxygen atoms in total. The molecule has 96 valence electrons. The number of rotatable bonds is 1. The Balaban J connectivity index is 2.07. The predicted octanol–water partition coefficient (Wildman–Crippen LogP) is 2.58. The van der Waals surface area contributed by atoms with E-state index in [0.717, 1.165) is 33.3 Å². The standard InChI is InChI=1S/C15H11N5/c1-20-9-17-19-15(20)12-7-6-11-5-4-10-3-2-8-16-13(10)14(11)18-12/h2-9H,1H3. The molecule has 1 aromatic carbocycles. The maximum atomic E-state index is 4.72. The van der Waals surface area contributed by atoms with Crippen molar-refractivity contribution < 1.29 is 0 Å². The van der Waals surface area contributed by atoms with Crippen molar-refractivity contribution in [3.05, 3.63) is 48.9 Å². The molecule has 20 heavy (non-hydrogen) atoms. The minimum Gasteiger partial charge on any atom is -0.315 e. The van der Waals surface area contributed by atoms with Gasteiger partial charge in [0.05, 0.1) is 11.0 Å². The first-order valence-electron chi connectivity index (χ1n) is 6.32. The van der Waals surface area contributed by atoms with Crippen molar-refractivity contribution in [3.8, 4) is 11.5 Å². The molecule has 0 atom stereocenters. The summed E-state index contributed by atoms with van der Waals surface area (Å²) < 4.78 is 1.85. The molecule has 0 fully saturated rings. The van der Waals surface area contributed by atoms with Gasteiger partial charge in [-0.25, -0.2) is 4.98 Å². The van der Waals surface area contributed by atoms with E-state index in [1.807, 2.05) is 35.9 Å². The second-order valence-corrected chi connectivity index (χ2v) is 4.67. The maximum absolute atomic E-state index is 4.72. The molecule has 0 aliphatic carbocycles. The van der Waals surface area contributed by atoms with Crippen LogP contribution >= 0.6 is 0 Å². The van der Waals surface area contributed by atoms with Gasteiger partial charge in [-0.1, -0.05) is 24.3 Å². The molecule has 0 radical (unpaired) electrons. The number of hydrogen-bond donors (Lipinski definition) is 0.